The van der Waals surface area contributed by atoms with E-state index in [2.05, 4.69) is 5.87 Å². The van der Waals surface area contributed by atoms with E-state index in [0.29, 0.717) is 24.2 Å². The quantitative estimate of drug-likeness (QED) is 0.436. The maximum absolute atomic E-state index is 14.3. The van der Waals surface area contributed by atoms with Crippen LogP contribution in [0.2, 0.25) is 0 Å². The van der Waals surface area contributed by atoms with Crippen molar-refractivity contribution in [3.63, 3.8) is 0 Å². The lowest BCUT2D eigenvalue weighted by molar-refractivity contribution is 0.199. The molecule has 33 heavy (non-hydrogen) atoms. The maximum atomic E-state index is 14.3. The van der Waals surface area contributed by atoms with Crippen molar-refractivity contribution in [1.29, 1.82) is 0 Å². The monoisotopic (exact) mass is 474 g/mol. The molecule has 0 aliphatic heterocycles. The topological polar surface area (TPSA) is 55.8 Å². The van der Waals surface area contributed by atoms with Crippen LogP contribution in [0.15, 0.2) is 42.5 Å². The van der Waals surface area contributed by atoms with E-state index in [4.69, 9.17) is 9.47 Å². The zero-order valence-electron chi connectivity index (χ0n) is 19.5. The summed E-state index contributed by atoms with van der Waals surface area (Å²) in [6, 6.07) is 13.0. The molecule has 3 atom stereocenters. The Morgan fingerprint density at radius 1 is 1.09 bits per heavy atom. The number of ether oxygens (including phenoxy) is 2. The van der Waals surface area contributed by atoms with Gasteiger partial charge >= 0.3 is 0 Å². The van der Waals surface area contributed by atoms with E-state index in [1.807, 2.05) is 37.3 Å². The molecule has 2 aliphatic rings. The number of halogens is 1. The smallest absolute Gasteiger partial charge is 0.126 e. The third kappa shape index (κ3) is 5.90. The van der Waals surface area contributed by atoms with E-state index in [1.54, 1.807) is 13.2 Å². The van der Waals surface area contributed by atoms with Crippen LogP contribution in [0.1, 0.15) is 68.4 Å². The van der Waals surface area contributed by atoms with E-state index >= 15 is 0 Å². The summed E-state index contributed by atoms with van der Waals surface area (Å²) in [6.45, 7) is 2.46. The van der Waals surface area contributed by atoms with Crippen LogP contribution in [0, 0.1) is 17.7 Å². The molecule has 0 bridgehead atoms. The fraction of sp³-hybridized carbons (Fsp3) is 0.519. The Kier molecular flexibility index (Phi) is 7.34. The molecule has 6 heteroatoms. The lowest BCUT2D eigenvalue weighted by atomic mass is 9.79. The fourth-order valence-corrected chi connectivity index (χ4v) is 6.08. The Labute approximate surface area is 197 Å². The number of hydrogen-bond donors (Lipinski definition) is 1. The van der Waals surface area contributed by atoms with Crippen LogP contribution in [0.3, 0.4) is 0 Å². The molecule has 0 heterocycles. The van der Waals surface area contributed by atoms with Gasteiger partial charge in [-0.05, 0) is 111 Å². The molecule has 180 valence electrons. The Hall–Kier alpha value is -2.05. The average Bonchev–Trinajstić information content (AvgIpc) is 3.63. The SMILES string of the molecule is C=S(=O)(O)[C@@H](C)[C@H](c1cccc(OCC2CCC(c3cc(OC)ccc3F)CC2)c1)C1CC1. The number of methoxy groups -OCH3 is 1. The number of rotatable bonds is 9. The van der Waals surface area contributed by atoms with Gasteiger partial charge in [0.25, 0.3) is 0 Å². The van der Waals surface area contributed by atoms with Crippen molar-refractivity contribution in [2.45, 2.75) is 62.5 Å². The van der Waals surface area contributed by atoms with Crippen LogP contribution in [-0.4, -0.2) is 33.6 Å². The van der Waals surface area contributed by atoms with Gasteiger partial charge in [-0.15, -0.1) is 0 Å². The minimum Gasteiger partial charge on any atom is -0.497 e. The van der Waals surface area contributed by atoms with Gasteiger partial charge in [0.15, 0.2) is 0 Å². The second-order valence-corrected chi connectivity index (χ2v) is 11.9. The molecule has 0 saturated heterocycles. The van der Waals surface area contributed by atoms with Crippen LogP contribution in [0.25, 0.3) is 0 Å². The molecule has 1 unspecified atom stereocenters. The van der Waals surface area contributed by atoms with Gasteiger partial charge in [0, 0.05) is 5.92 Å². The lowest BCUT2D eigenvalue weighted by Gasteiger charge is -2.29. The fourth-order valence-electron chi connectivity index (χ4n) is 5.24. The molecule has 1 N–H and O–H groups in total. The van der Waals surface area contributed by atoms with Crippen molar-refractivity contribution in [3.05, 3.63) is 59.4 Å². The normalized spacial score (nSPS) is 24.5. The van der Waals surface area contributed by atoms with Crippen LogP contribution < -0.4 is 9.47 Å². The molecule has 4 rings (SSSR count). The molecule has 2 aromatic carbocycles. The van der Waals surface area contributed by atoms with Gasteiger partial charge in [0.2, 0.25) is 0 Å². The Balaban J connectivity index is 1.35. The van der Waals surface area contributed by atoms with Crippen LogP contribution in [-0.2, 0) is 9.80 Å². The predicted molar refractivity (Wildman–Crippen MR) is 132 cm³/mol. The molecule has 0 radical (unpaired) electrons. The summed E-state index contributed by atoms with van der Waals surface area (Å²) in [4.78, 5) is 0. The Morgan fingerprint density at radius 3 is 2.45 bits per heavy atom. The molecule has 4 nitrogen and oxygen atoms in total. The molecule has 0 spiro atoms. The van der Waals surface area contributed by atoms with Crippen molar-refractivity contribution >= 4 is 15.7 Å². The van der Waals surface area contributed by atoms with E-state index < -0.39 is 15.1 Å². The van der Waals surface area contributed by atoms with Gasteiger partial charge in [0.05, 0.1) is 28.8 Å². The Bertz CT molecular complexity index is 1060. The summed E-state index contributed by atoms with van der Waals surface area (Å²) in [5.41, 5.74) is 1.82. The highest BCUT2D eigenvalue weighted by atomic mass is 32.2. The van der Waals surface area contributed by atoms with Gasteiger partial charge in [0.1, 0.15) is 17.3 Å². The highest BCUT2D eigenvalue weighted by Gasteiger charge is 2.38. The minimum absolute atomic E-state index is 0.0248. The average molecular weight is 475 g/mol. The molecule has 2 fully saturated rings. The third-order valence-corrected chi connectivity index (χ3v) is 8.89. The Morgan fingerprint density at radius 2 is 1.82 bits per heavy atom. The van der Waals surface area contributed by atoms with Gasteiger partial charge in [-0.3, -0.25) is 0 Å². The van der Waals surface area contributed by atoms with Gasteiger partial charge < -0.3 is 14.0 Å². The lowest BCUT2D eigenvalue weighted by Crippen LogP contribution is -2.26. The molecule has 2 saturated carbocycles. The molecule has 2 aromatic rings. The van der Waals surface area contributed by atoms with Crippen LogP contribution in [0.5, 0.6) is 11.5 Å². The number of hydrogen-bond acceptors (Lipinski definition) is 3. The third-order valence-electron chi connectivity index (χ3n) is 7.43. The first-order valence-corrected chi connectivity index (χ1v) is 13.7. The maximum Gasteiger partial charge on any atom is 0.126 e. The molecule has 0 amide bonds. The highest BCUT2D eigenvalue weighted by Crippen LogP contribution is 2.46. The summed E-state index contributed by atoms with van der Waals surface area (Å²) in [6.07, 6.45) is 6.05. The largest absolute Gasteiger partial charge is 0.497 e. The summed E-state index contributed by atoms with van der Waals surface area (Å²) in [7, 11) is -1.50. The van der Waals surface area contributed by atoms with E-state index in [9.17, 15) is 13.2 Å². The van der Waals surface area contributed by atoms with Crippen molar-refractivity contribution in [3.8, 4) is 11.5 Å². The van der Waals surface area contributed by atoms with Crippen molar-refractivity contribution < 1.29 is 22.6 Å². The molecule has 2 aliphatic carbocycles. The molecule has 0 aromatic heterocycles. The van der Waals surface area contributed by atoms with Crippen LogP contribution >= 0.6 is 0 Å². The van der Waals surface area contributed by atoms with Crippen molar-refractivity contribution in [1.82, 2.24) is 0 Å². The first-order chi connectivity index (χ1) is 15.8. The standard InChI is InChI=1S/C27H35FO4S/c1-18(33(3,29)30)27(21-11-12-21)22-5-4-6-24(15-22)32-17-19-7-9-20(10-8-19)25-16-23(31-2)13-14-26(25)28/h4-6,13-16,18-21,27H,3,7-12,17H2,1-2H3,(H,29,30)/t18-,19?,20?,27-/m0/s1. The van der Waals surface area contributed by atoms with E-state index in [1.165, 1.54) is 6.07 Å². The molecular weight excluding hydrogens is 439 g/mol. The van der Waals surface area contributed by atoms with Crippen molar-refractivity contribution in [2.75, 3.05) is 13.7 Å². The van der Waals surface area contributed by atoms with Gasteiger partial charge in [-0.25, -0.2) is 8.60 Å². The van der Waals surface area contributed by atoms with Crippen LogP contribution in [0.4, 0.5) is 4.39 Å². The highest BCUT2D eigenvalue weighted by molar-refractivity contribution is 7.95. The predicted octanol–water partition coefficient (Wildman–Crippen LogP) is 6.26. The summed E-state index contributed by atoms with van der Waals surface area (Å²) in [5, 5.41) is -0.396. The minimum atomic E-state index is -3.11. The zero-order valence-corrected chi connectivity index (χ0v) is 20.4. The summed E-state index contributed by atoms with van der Waals surface area (Å²) in [5.74, 6) is 5.99. The first kappa shape index (κ1) is 24.1. The summed E-state index contributed by atoms with van der Waals surface area (Å²) < 4.78 is 48.0. The zero-order chi connectivity index (χ0) is 23.6. The van der Waals surface area contributed by atoms with E-state index in [-0.39, 0.29) is 17.7 Å². The summed E-state index contributed by atoms with van der Waals surface area (Å²) >= 11 is 0. The molecular formula is C27H35FO4S. The van der Waals surface area contributed by atoms with Crippen molar-refractivity contribution in [2.24, 2.45) is 11.8 Å². The number of benzene rings is 2. The van der Waals surface area contributed by atoms with Gasteiger partial charge in [-0.2, -0.15) is 0 Å². The van der Waals surface area contributed by atoms with Gasteiger partial charge in [-0.1, -0.05) is 12.1 Å². The first-order valence-electron chi connectivity index (χ1n) is 11.9. The second-order valence-electron chi connectivity index (χ2n) is 9.75. The van der Waals surface area contributed by atoms with E-state index in [0.717, 1.165) is 55.4 Å². The second kappa shape index (κ2) is 10.1.